The highest BCUT2D eigenvalue weighted by Crippen LogP contribution is 2.54. The van der Waals surface area contributed by atoms with Gasteiger partial charge in [0.05, 0.1) is 6.42 Å². The zero-order chi connectivity index (χ0) is 13.2. The van der Waals surface area contributed by atoms with Crippen LogP contribution in [0, 0.1) is 11.3 Å². The number of nitrogens with two attached hydrogens (primary N) is 1. The molecule has 2 aliphatic carbocycles. The van der Waals surface area contributed by atoms with Crippen molar-refractivity contribution in [1.82, 2.24) is 0 Å². The third kappa shape index (κ3) is 2.42. The first-order valence-electron chi connectivity index (χ1n) is 7.49. The fraction of sp³-hybridized carbons (Fsp3) is 0.933. The van der Waals surface area contributed by atoms with E-state index in [0.29, 0.717) is 5.92 Å². The van der Waals surface area contributed by atoms with Crippen molar-refractivity contribution in [2.75, 3.05) is 0 Å². The predicted molar refractivity (Wildman–Crippen MR) is 72.3 cm³/mol. The van der Waals surface area contributed by atoms with E-state index in [2.05, 4.69) is 6.92 Å². The van der Waals surface area contributed by atoms with Crippen molar-refractivity contribution in [2.24, 2.45) is 17.1 Å². The molecule has 0 spiro atoms. The van der Waals surface area contributed by atoms with Crippen LogP contribution in [0.1, 0.15) is 71.1 Å². The van der Waals surface area contributed by atoms with E-state index in [4.69, 9.17) is 5.73 Å². The van der Waals surface area contributed by atoms with E-state index in [0.717, 1.165) is 25.7 Å². The van der Waals surface area contributed by atoms with Gasteiger partial charge in [-0.25, -0.2) is 0 Å². The number of carboxylic acid groups (broad SMARTS) is 1. The summed E-state index contributed by atoms with van der Waals surface area (Å²) < 4.78 is 0. The van der Waals surface area contributed by atoms with Gasteiger partial charge in [0, 0.05) is 11.0 Å². The lowest BCUT2D eigenvalue weighted by molar-refractivity contribution is -0.145. The van der Waals surface area contributed by atoms with Crippen LogP contribution in [-0.2, 0) is 4.79 Å². The maximum atomic E-state index is 11.3. The second-order valence-electron chi connectivity index (χ2n) is 6.69. The largest absolute Gasteiger partial charge is 0.481 e. The van der Waals surface area contributed by atoms with Gasteiger partial charge in [-0.2, -0.15) is 0 Å². The third-order valence-corrected chi connectivity index (χ3v) is 5.56. The van der Waals surface area contributed by atoms with Gasteiger partial charge in [-0.15, -0.1) is 0 Å². The van der Waals surface area contributed by atoms with Crippen LogP contribution in [-0.4, -0.2) is 16.6 Å². The molecule has 0 heterocycles. The van der Waals surface area contributed by atoms with E-state index in [-0.39, 0.29) is 17.4 Å². The van der Waals surface area contributed by atoms with Gasteiger partial charge in [0.15, 0.2) is 0 Å². The fourth-order valence-electron chi connectivity index (χ4n) is 4.50. The molecule has 3 heteroatoms. The summed E-state index contributed by atoms with van der Waals surface area (Å²) in [5, 5.41) is 9.34. The Bertz CT molecular complexity index is 308. The van der Waals surface area contributed by atoms with Gasteiger partial charge >= 0.3 is 5.97 Å². The van der Waals surface area contributed by atoms with Crippen molar-refractivity contribution >= 4 is 5.97 Å². The Morgan fingerprint density at radius 2 is 1.78 bits per heavy atom. The number of carbonyl (C=O) groups is 1. The first-order chi connectivity index (χ1) is 8.48. The fourth-order valence-corrected chi connectivity index (χ4v) is 4.50. The Balaban J connectivity index is 2.28. The maximum Gasteiger partial charge on any atom is 0.303 e. The van der Waals surface area contributed by atoms with E-state index < -0.39 is 5.97 Å². The molecule has 3 nitrogen and oxygen atoms in total. The molecule has 2 rings (SSSR count). The highest BCUT2D eigenvalue weighted by atomic mass is 16.4. The van der Waals surface area contributed by atoms with Gasteiger partial charge in [0.2, 0.25) is 0 Å². The topological polar surface area (TPSA) is 63.3 Å². The minimum Gasteiger partial charge on any atom is -0.481 e. The zero-order valence-electron chi connectivity index (χ0n) is 11.6. The molecule has 0 bridgehead atoms. The lowest BCUT2D eigenvalue weighted by Gasteiger charge is -2.55. The van der Waals surface area contributed by atoms with Gasteiger partial charge in [-0.1, -0.05) is 32.1 Å². The average Bonchev–Trinajstić information content (AvgIpc) is 2.32. The van der Waals surface area contributed by atoms with Crippen LogP contribution in [0.15, 0.2) is 0 Å². The zero-order valence-corrected chi connectivity index (χ0v) is 11.6. The van der Waals surface area contributed by atoms with Crippen molar-refractivity contribution < 1.29 is 9.90 Å². The molecule has 2 unspecified atom stereocenters. The third-order valence-electron chi connectivity index (χ3n) is 5.56. The molecule has 3 N–H and O–H groups in total. The Morgan fingerprint density at radius 1 is 1.17 bits per heavy atom. The Morgan fingerprint density at radius 3 is 2.33 bits per heavy atom. The predicted octanol–water partition coefficient (Wildman–Crippen LogP) is 3.32. The van der Waals surface area contributed by atoms with Crippen LogP contribution in [0.2, 0.25) is 0 Å². The lowest BCUT2D eigenvalue weighted by Crippen LogP contribution is -2.59. The summed E-state index contributed by atoms with van der Waals surface area (Å²) in [6.07, 6.45) is 10.7. The van der Waals surface area contributed by atoms with E-state index in [1.165, 1.54) is 32.1 Å². The first kappa shape index (κ1) is 13.9. The summed E-state index contributed by atoms with van der Waals surface area (Å²) in [6.45, 7) is 2.10. The van der Waals surface area contributed by atoms with Crippen molar-refractivity contribution in [3.8, 4) is 0 Å². The Hall–Kier alpha value is -0.570. The van der Waals surface area contributed by atoms with Crippen molar-refractivity contribution in [1.29, 1.82) is 0 Å². The molecule has 18 heavy (non-hydrogen) atoms. The van der Waals surface area contributed by atoms with Gasteiger partial charge < -0.3 is 10.8 Å². The SMILES string of the molecule is CC1(N)CCCCC1(CC(=O)O)C1CCCCC1. The van der Waals surface area contributed by atoms with Crippen LogP contribution >= 0.6 is 0 Å². The van der Waals surface area contributed by atoms with Crippen LogP contribution < -0.4 is 5.73 Å². The summed E-state index contributed by atoms with van der Waals surface area (Å²) in [6, 6.07) is 0. The lowest BCUT2D eigenvalue weighted by atomic mass is 9.52. The summed E-state index contributed by atoms with van der Waals surface area (Å²) in [7, 11) is 0. The highest BCUT2D eigenvalue weighted by Gasteiger charge is 2.52. The molecular formula is C15H27NO2. The quantitative estimate of drug-likeness (QED) is 0.811. The number of rotatable bonds is 3. The molecule has 0 radical (unpaired) electrons. The molecule has 0 aliphatic heterocycles. The second kappa shape index (κ2) is 5.20. The molecule has 2 atom stereocenters. The van der Waals surface area contributed by atoms with E-state index in [1.54, 1.807) is 0 Å². The summed E-state index contributed by atoms with van der Waals surface area (Å²) in [5.74, 6) is -0.142. The summed E-state index contributed by atoms with van der Waals surface area (Å²) >= 11 is 0. The van der Waals surface area contributed by atoms with Crippen LogP contribution in [0.3, 0.4) is 0 Å². The van der Waals surface area contributed by atoms with Crippen molar-refractivity contribution in [3.05, 3.63) is 0 Å². The minimum atomic E-state index is -0.667. The first-order valence-corrected chi connectivity index (χ1v) is 7.49. The van der Waals surface area contributed by atoms with E-state index in [1.807, 2.05) is 0 Å². The van der Waals surface area contributed by atoms with Gasteiger partial charge in [0.25, 0.3) is 0 Å². The summed E-state index contributed by atoms with van der Waals surface area (Å²) in [4.78, 5) is 11.3. The molecule has 0 aromatic rings. The highest BCUT2D eigenvalue weighted by molar-refractivity contribution is 5.68. The molecule has 0 aromatic heterocycles. The standard InChI is InChI=1S/C15H27NO2/c1-14(16)9-5-6-10-15(14,11-13(17)18)12-7-3-2-4-8-12/h12H,2-11,16H2,1H3,(H,17,18). The van der Waals surface area contributed by atoms with Crippen molar-refractivity contribution in [3.63, 3.8) is 0 Å². The molecule has 0 saturated heterocycles. The number of carboxylic acids is 1. The second-order valence-corrected chi connectivity index (χ2v) is 6.69. The van der Waals surface area contributed by atoms with Crippen LogP contribution in [0.25, 0.3) is 0 Å². The number of hydrogen-bond donors (Lipinski definition) is 2. The van der Waals surface area contributed by atoms with Gasteiger partial charge in [0.1, 0.15) is 0 Å². The maximum absolute atomic E-state index is 11.3. The molecule has 2 aliphatic rings. The van der Waals surface area contributed by atoms with E-state index in [9.17, 15) is 9.90 Å². The molecule has 2 saturated carbocycles. The minimum absolute atomic E-state index is 0.155. The van der Waals surface area contributed by atoms with Crippen LogP contribution in [0.4, 0.5) is 0 Å². The molecule has 0 amide bonds. The molecule has 104 valence electrons. The van der Waals surface area contributed by atoms with E-state index >= 15 is 0 Å². The number of hydrogen-bond acceptors (Lipinski definition) is 2. The number of aliphatic carboxylic acids is 1. The molecule has 2 fully saturated rings. The monoisotopic (exact) mass is 253 g/mol. The normalized spacial score (nSPS) is 38.6. The molecular weight excluding hydrogens is 226 g/mol. The Kier molecular flexibility index (Phi) is 4.00. The van der Waals surface area contributed by atoms with Gasteiger partial charge in [-0.05, 0) is 38.5 Å². The Labute approximate surface area is 110 Å². The van der Waals surface area contributed by atoms with Gasteiger partial charge in [-0.3, -0.25) is 4.79 Å². The molecule has 0 aromatic carbocycles. The smallest absolute Gasteiger partial charge is 0.303 e. The average molecular weight is 253 g/mol. The summed E-state index contributed by atoms with van der Waals surface area (Å²) in [5.41, 5.74) is 6.12. The van der Waals surface area contributed by atoms with Crippen LogP contribution in [0.5, 0.6) is 0 Å². The van der Waals surface area contributed by atoms with Crippen molar-refractivity contribution in [2.45, 2.75) is 76.7 Å².